The van der Waals surface area contributed by atoms with Crippen LogP contribution in [0, 0.1) is 11.8 Å². The van der Waals surface area contributed by atoms with Crippen molar-refractivity contribution in [2.45, 2.75) is 59.4 Å². The Morgan fingerprint density at radius 2 is 1.89 bits per heavy atom. The summed E-state index contributed by atoms with van der Waals surface area (Å²) < 4.78 is 0. The number of nitrogens with one attached hydrogen (secondary N) is 1. The molecule has 0 heterocycles. The van der Waals surface area contributed by atoms with E-state index < -0.39 is 0 Å². The van der Waals surface area contributed by atoms with Gasteiger partial charge < -0.3 is 10.2 Å². The predicted octanol–water partition coefficient (Wildman–Crippen LogP) is 2.66. The van der Waals surface area contributed by atoms with E-state index in [0.29, 0.717) is 18.5 Å². The first kappa shape index (κ1) is 15.5. The van der Waals surface area contributed by atoms with Crippen LogP contribution < -0.4 is 5.32 Å². The summed E-state index contributed by atoms with van der Waals surface area (Å²) in [6, 6.07) is 0.405. The van der Waals surface area contributed by atoms with E-state index in [-0.39, 0.29) is 5.91 Å². The Labute approximate surface area is 112 Å². The number of carbonyl (C=O) groups excluding carboxylic acids is 1. The number of hydrogen-bond acceptors (Lipinski definition) is 2. The van der Waals surface area contributed by atoms with E-state index in [9.17, 15) is 4.79 Å². The molecule has 0 unspecified atom stereocenters. The molecular weight excluding hydrogens is 224 g/mol. The lowest BCUT2D eigenvalue weighted by atomic mass is 10.1. The lowest BCUT2D eigenvalue weighted by Crippen LogP contribution is -2.46. The molecule has 1 aliphatic carbocycles. The topological polar surface area (TPSA) is 32.3 Å². The molecule has 106 valence electrons. The molecule has 0 saturated heterocycles. The Kier molecular flexibility index (Phi) is 6.69. The molecule has 18 heavy (non-hydrogen) atoms. The third kappa shape index (κ3) is 5.38. The van der Waals surface area contributed by atoms with Gasteiger partial charge in [0.05, 0.1) is 6.54 Å². The van der Waals surface area contributed by atoms with Crippen LogP contribution in [0.2, 0.25) is 0 Å². The highest BCUT2D eigenvalue weighted by Crippen LogP contribution is 2.27. The van der Waals surface area contributed by atoms with Crippen molar-refractivity contribution in [1.82, 2.24) is 10.2 Å². The Bertz CT molecular complexity index is 245. The summed E-state index contributed by atoms with van der Waals surface area (Å²) in [5.41, 5.74) is 0. The zero-order chi connectivity index (χ0) is 13.5. The van der Waals surface area contributed by atoms with Crippen LogP contribution in [0.15, 0.2) is 0 Å². The molecule has 0 radical (unpaired) electrons. The number of hydrogen-bond donors (Lipinski definition) is 1. The van der Waals surface area contributed by atoms with Gasteiger partial charge in [-0.3, -0.25) is 4.79 Å². The lowest BCUT2D eigenvalue weighted by molar-refractivity contribution is -0.133. The Hall–Kier alpha value is -0.570. The number of rotatable bonds is 9. The minimum absolute atomic E-state index is 0.276. The van der Waals surface area contributed by atoms with Gasteiger partial charge in [0, 0.05) is 12.6 Å². The molecule has 3 nitrogen and oxygen atoms in total. The minimum atomic E-state index is 0.276. The molecule has 1 amide bonds. The monoisotopic (exact) mass is 254 g/mol. The molecule has 3 heteroatoms. The molecule has 0 spiro atoms. The summed E-state index contributed by atoms with van der Waals surface area (Å²) in [5.74, 6) is 1.65. The van der Waals surface area contributed by atoms with Crippen molar-refractivity contribution < 1.29 is 4.79 Å². The van der Waals surface area contributed by atoms with Crippen LogP contribution in [-0.2, 0) is 4.79 Å². The largest absolute Gasteiger partial charge is 0.338 e. The third-order valence-corrected chi connectivity index (χ3v) is 3.67. The van der Waals surface area contributed by atoms with Gasteiger partial charge in [0.1, 0.15) is 0 Å². The number of amides is 1. The minimum Gasteiger partial charge on any atom is -0.338 e. The molecular formula is C15H30N2O. The second-order valence-electron chi connectivity index (χ2n) is 5.98. The second kappa shape index (κ2) is 7.78. The molecule has 1 N–H and O–H groups in total. The summed E-state index contributed by atoms with van der Waals surface area (Å²) in [7, 11) is 0. The number of carbonyl (C=O) groups is 1. The summed E-state index contributed by atoms with van der Waals surface area (Å²) >= 11 is 0. The van der Waals surface area contributed by atoms with Gasteiger partial charge >= 0.3 is 0 Å². The van der Waals surface area contributed by atoms with Crippen molar-refractivity contribution in [2.75, 3.05) is 19.6 Å². The van der Waals surface area contributed by atoms with Gasteiger partial charge in [-0.25, -0.2) is 0 Å². The summed E-state index contributed by atoms with van der Waals surface area (Å²) in [4.78, 5) is 14.4. The smallest absolute Gasteiger partial charge is 0.236 e. The molecule has 0 bridgehead atoms. The molecule has 0 aliphatic heterocycles. The van der Waals surface area contributed by atoms with Crippen LogP contribution in [0.25, 0.3) is 0 Å². The molecule has 1 fully saturated rings. The van der Waals surface area contributed by atoms with Crippen LogP contribution in [0.4, 0.5) is 0 Å². The second-order valence-corrected chi connectivity index (χ2v) is 5.98. The Morgan fingerprint density at radius 1 is 1.28 bits per heavy atom. The average molecular weight is 254 g/mol. The van der Waals surface area contributed by atoms with E-state index in [2.05, 4.69) is 37.9 Å². The molecule has 1 rings (SSSR count). The Morgan fingerprint density at radius 3 is 2.33 bits per heavy atom. The van der Waals surface area contributed by atoms with Crippen molar-refractivity contribution in [3.8, 4) is 0 Å². The molecule has 0 aromatic rings. The van der Waals surface area contributed by atoms with Crippen LogP contribution in [-0.4, -0.2) is 36.5 Å². The van der Waals surface area contributed by atoms with Crippen molar-refractivity contribution in [3.05, 3.63) is 0 Å². The van der Waals surface area contributed by atoms with Crippen LogP contribution in [0.3, 0.4) is 0 Å². The molecule has 1 saturated carbocycles. The van der Waals surface area contributed by atoms with Gasteiger partial charge in [-0.15, -0.1) is 0 Å². The van der Waals surface area contributed by atoms with E-state index in [1.807, 2.05) is 0 Å². The van der Waals surface area contributed by atoms with Crippen molar-refractivity contribution in [2.24, 2.45) is 11.8 Å². The van der Waals surface area contributed by atoms with Gasteiger partial charge in [-0.2, -0.15) is 0 Å². The van der Waals surface area contributed by atoms with Crippen LogP contribution in [0.5, 0.6) is 0 Å². The maximum Gasteiger partial charge on any atom is 0.236 e. The molecule has 0 aromatic heterocycles. The first-order valence-corrected chi connectivity index (χ1v) is 7.58. The first-order chi connectivity index (χ1) is 8.58. The van der Waals surface area contributed by atoms with Crippen LogP contribution >= 0.6 is 0 Å². The maximum atomic E-state index is 12.3. The first-order valence-electron chi connectivity index (χ1n) is 7.58. The highest BCUT2D eigenvalue weighted by molar-refractivity contribution is 5.78. The number of nitrogens with zero attached hydrogens (tertiary/aromatic N) is 1. The van der Waals surface area contributed by atoms with Crippen molar-refractivity contribution in [3.63, 3.8) is 0 Å². The highest BCUT2D eigenvalue weighted by atomic mass is 16.2. The van der Waals surface area contributed by atoms with Gasteiger partial charge in [-0.1, -0.05) is 27.7 Å². The summed E-state index contributed by atoms with van der Waals surface area (Å²) in [6.07, 6.45) is 4.78. The average Bonchev–Trinajstić information content (AvgIpc) is 3.12. The normalized spacial score (nSPS) is 15.4. The fraction of sp³-hybridized carbons (Fsp3) is 0.933. The fourth-order valence-corrected chi connectivity index (χ4v) is 2.38. The van der Waals surface area contributed by atoms with E-state index in [0.717, 1.165) is 31.8 Å². The quantitative estimate of drug-likeness (QED) is 0.686. The van der Waals surface area contributed by atoms with Gasteiger partial charge in [-0.05, 0) is 44.1 Å². The van der Waals surface area contributed by atoms with E-state index in [4.69, 9.17) is 0 Å². The Balaban J connectivity index is 2.41. The fourth-order valence-electron chi connectivity index (χ4n) is 2.38. The van der Waals surface area contributed by atoms with E-state index in [1.165, 1.54) is 12.8 Å². The van der Waals surface area contributed by atoms with Crippen molar-refractivity contribution in [1.29, 1.82) is 0 Å². The molecule has 1 aliphatic rings. The predicted molar refractivity (Wildman–Crippen MR) is 76.5 cm³/mol. The molecule has 0 atom stereocenters. The summed E-state index contributed by atoms with van der Waals surface area (Å²) in [5, 5.41) is 3.31. The third-order valence-electron chi connectivity index (χ3n) is 3.67. The SMILES string of the molecule is CCC(CC)N(CC(C)C)C(=O)CNCC1CC1. The van der Waals surface area contributed by atoms with Crippen LogP contribution in [0.1, 0.15) is 53.4 Å². The highest BCUT2D eigenvalue weighted by Gasteiger charge is 2.24. The van der Waals surface area contributed by atoms with Crippen molar-refractivity contribution >= 4 is 5.91 Å². The molecule has 0 aromatic carbocycles. The standard InChI is InChI=1S/C15H30N2O/c1-5-14(6-2)17(11-12(3)4)15(18)10-16-9-13-7-8-13/h12-14,16H,5-11H2,1-4H3. The maximum absolute atomic E-state index is 12.3. The zero-order valence-electron chi connectivity index (χ0n) is 12.5. The van der Waals surface area contributed by atoms with Gasteiger partial charge in [0.15, 0.2) is 0 Å². The lowest BCUT2D eigenvalue weighted by Gasteiger charge is -2.32. The summed E-state index contributed by atoms with van der Waals surface area (Å²) in [6.45, 7) is 11.1. The van der Waals surface area contributed by atoms with Gasteiger partial charge in [0.25, 0.3) is 0 Å². The van der Waals surface area contributed by atoms with Gasteiger partial charge in [0.2, 0.25) is 5.91 Å². The van der Waals surface area contributed by atoms with E-state index >= 15 is 0 Å². The zero-order valence-corrected chi connectivity index (χ0v) is 12.5. The van der Waals surface area contributed by atoms with E-state index in [1.54, 1.807) is 0 Å².